The first kappa shape index (κ1) is 15.1. The highest BCUT2D eigenvalue weighted by atomic mass is 16.3. The van der Waals surface area contributed by atoms with E-state index in [4.69, 9.17) is 0 Å². The van der Waals surface area contributed by atoms with Gasteiger partial charge in [-0.1, -0.05) is 42.5 Å². The molecule has 0 bridgehead atoms. The van der Waals surface area contributed by atoms with Gasteiger partial charge in [0, 0.05) is 25.7 Å². The molecule has 4 rings (SSSR count). The molecule has 2 saturated heterocycles. The first-order valence-corrected chi connectivity index (χ1v) is 8.91. The molecule has 3 heteroatoms. The van der Waals surface area contributed by atoms with E-state index in [0.29, 0.717) is 6.04 Å². The topological polar surface area (TPSA) is 26.7 Å². The number of benzene rings is 2. The molecule has 0 atom stereocenters. The number of nitrogens with zero attached hydrogens (tertiary/aromatic N) is 2. The number of aliphatic hydroxyl groups is 1. The SMILES string of the molecule is OC1CN(C2CCN(CCc3cccc4ccccc34)CC2)C1. The third kappa shape index (κ3) is 3.27. The van der Waals surface area contributed by atoms with Crippen molar-refractivity contribution in [1.82, 2.24) is 9.80 Å². The fourth-order valence-electron chi connectivity index (χ4n) is 4.08. The van der Waals surface area contributed by atoms with Crippen molar-refractivity contribution in [1.29, 1.82) is 0 Å². The van der Waals surface area contributed by atoms with Crippen LogP contribution < -0.4 is 0 Å². The molecule has 0 aliphatic carbocycles. The number of rotatable bonds is 4. The summed E-state index contributed by atoms with van der Waals surface area (Å²) in [5, 5.41) is 12.2. The number of fused-ring (bicyclic) bond motifs is 1. The highest BCUT2D eigenvalue weighted by Gasteiger charge is 2.32. The van der Waals surface area contributed by atoms with Gasteiger partial charge in [0.15, 0.2) is 0 Å². The van der Waals surface area contributed by atoms with Gasteiger partial charge < -0.3 is 10.0 Å². The van der Waals surface area contributed by atoms with E-state index in [1.54, 1.807) is 0 Å². The quantitative estimate of drug-likeness (QED) is 0.940. The van der Waals surface area contributed by atoms with E-state index in [1.165, 1.54) is 42.3 Å². The summed E-state index contributed by atoms with van der Waals surface area (Å²) in [4.78, 5) is 5.06. The summed E-state index contributed by atoms with van der Waals surface area (Å²) in [6.07, 6.45) is 3.57. The molecule has 2 aliphatic rings. The van der Waals surface area contributed by atoms with Crippen molar-refractivity contribution >= 4 is 10.8 Å². The van der Waals surface area contributed by atoms with Gasteiger partial charge in [0.05, 0.1) is 6.10 Å². The molecule has 1 N–H and O–H groups in total. The maximum absolute atomic E-state index is 9.45. The molecule has 2 aliphatic heterocycles. The lowest BCUT2D eigenvalue weighted by molar-refractivity contribution is -0.0395. The van der Waals surface area contributed by atoms with Crippen molar-refractivity contribution in [2.24, 2.45) is 0 Å². The van der Waals surface area contributed by atoms with Crippen LogP contribution in [-0.4, -0.2) is 59.8 Å². The highest BCUT2D eigenvalue weighted by molar-refractivity contribution is 5.85. The molecule has 23 heavy (non-hydrogen) atoms. The van der Waals surface area contributed by atoms with E-state index in [1.807, 2.05) is 0 Å². The second-order valence-electron chi connectivity index (χ2n) is 7.07. The third-order valence-corrected chi connectivity index (χ3v) is 5.54. The van der Waals surface area contributed by atoms with Gasteiger partial charge >= 0.3 is 0 Å². The van der Waals surface area contributed by atoms with Crippen LogP contribution in [0.25, 0.3) is 10.8 Å². The molecular formula is C20H26N2O. The largest absolute Gasteiger partial charge is 0.390 e. The summed E-state index contributed by atoms with van der Waals surface area (Å²) >= 11 is 0. The van der Waals surface area contributed by atoms with Gasteiger partial charge in [-0.15, -0.1) is 0 Å². The van der Waals surface area contributed by atoms with Crippen LogP contribution >= 0.6 is 0 Å². The van der Waals surface area contributed by atoms with Crippen molar-refractivity contribution in [2.75, 3.05) is 32.7 Å². The molecular weight excluding hydrogens is 284 g/mol. The number of hydrogen-bond donors (Lipinski definition) is 1. The molecule has 122 valence electrons. The van der Waals surface area contributed by atoms with E-state index < -0.39 is 0 Å². The molecule has 2 aromatic carbocycles. The Hall–Kier alpha value is -1.42. The Labute approximate surface area is 138 Å². The fraction of sp³-hybridized carbons (Fsp3) is 0.500. The van der Waals surface area contributed by atoms with Crippen molar-refractivity contribution in [3.8, 4) is 0 Å². The highest BCUT2D eigenvalue weighted by Crippen LogP contribution is 2.23. The second-order valence-corrected chi connectivity index (χ2v) is 7.07. The van der Waals surface area contributed by atoms with Crippen LogP contribution in [-0.2, 0) is 6.42 Å². The van der Waals surface area contributed by atoms with Crippen LogP contribution in [0.4, 0.5) is 0 Å². The lowest BCUT2D eigenvalue weighted by Gasteiger charge is -2.45. The summed E-state index contributed by atoms with van der Waals surface area (Å²) < 4.78 is 0. The second kappa shape index (κ2) is 6.60. The van der Waals surface area contributed by atoms with Gasteiger partial charge in [0.1, 0.15) is 0 Å². The van der Waals surface area contributed by atoms with Gasteiger partial charge in [-0.05, 0) is 48.7 Å². The summed E-state index contributed by atoms with van der Waals surface area (Å²) in [5.74, 6) is 0. The van der Waals surface area contributed by atoms with E-state index in [-0.39, 0.29) is 6.10 Å². The Balaban J connectivity index is 1.31. The van der Waals surface area contributed by atoms with Crippen LogP contribution in [0.5, 0.6) is 0 Å². The Morgan fingerprint density at radius 2 is 1.70 bits per heavy atom. The first-order chi connectivity index (χ1) is 11.3. The number of hydrogen-bond acceptors (Lipinski definition) is 3. The summed E-state index contributed by atoms with van der Waals surface area (Å²) in [5.41, 5.74) is 1.47. The smallest absolute Gasteiger partial charge is 0.0794 e. The van der Waals surface area contributed by atoms with Gasteiger partial charge in [-0.25, -0.2) is 0 Å². The molecule has 2 heterocycles. The van der Waals surface area contributed by atoms with Crippen molar-refractivity contribution < 1.29 is 5.11 Å². The molecule has 0 aromatic heterocycles. The number of aliphatic hydroxyl groups excluding tert-OH is 1. The van der Waals surface area contributed by atoms with Crippen molar-refractivity contribution in [3.63, 3.8) is 0 Å². The lowest BCUT2D eigenvalue weighted by atomic mass is 9.97. The third-order valence-electron chi connectivity index (χ3n) is 5.54. The van der Waals surface area contributed by atoms with E-state index in [0.717, 1.165) is 26.1 Å². The molecule has 0 amide bonds. The molecule has 2 aromatic rings. The number of likely N-dealkylation sites (tertiary alicyclic amines) is 2. The number of β-amino-alcohol motifs (C(OH)–C–C–N with tert-alkyl or cyclic N) is 1. The zero-order chi connectivity index (χ0) is 15.6. The minimum absolute atomic E-state index is 0.0700. The predicted octanol–water partition coefficient (Wildman–Crippen LogP) is 2.52. The minimum Gasteiger partial charge on any atom is -0.390 e. The first-order valence-electron chi connectivity index (χ1n) is 8.91. The predicted molar refractivity (Wildman–Crippen MR) is 94.7 cm³/mol. The summed E-state index contributed by atoms with van der Waals surface area (Å²) in [6, 6.07) is 16.1. The zero-order valence-electron chi connectivity index (χ0n) is 13.7. The van der Waals surface area contributed by atoms with E-state index in [9.17, 15) is 5.11 Å². The summed E-state index contributed by atoms with van der Waals surface area (Å²) in [6.45, 7) is 5.33. The average Bonchev–Trinajstić information content (AvgIpc) is 2.58. The Bertz CT molecular complexity index is 652. The number of piperidine rings is 1. The molecule has 0 spiro atoms. The molecule has 0 unspecified atom stereocenters. The standard InChI is InChI=1S/C20H26N2O/c23-19-14-22(15-19)18-9-12-21(13-10-18)11-8-17-6-3-5-16-4-1-2-7-20(16)17/h1-7,18-19,23H,8-15H2. The van der Waals surface area contributed by atoms with Gasteiger partial charge in [0.2, 0.25) is 0 Å². The monoisotopic (exact) mass is 310 g/mol. The van der Waals surface area contributed by atoms with Crippen molar-refractivity contribution in [2.45, 2.75) is 31.4 Å². The normalized spacial score (nSPS) is 21.6. The molecule has 0 radical (unpaired) electrons. The van der Waals surface area contributed by atoms with E-state index in [2.05, 4.69) is 52.3 Å². The van der Waals surface area contributed by atoms with Crippen molar-refractivity contribution in [3.05, 3.63) is 48.0 Å². The average molecular weight is 310 g/mol. The summed E-state index contributed by atoms with van der Waals surface area (Å²) in [7, 11) is 0. The maximum Gasteiger partial charge on any atom is 0.0794 e. The fourth-order valence-corrected chi connectivity index (χ4v) is 4.08. The zero-order valence-corrected chi connectivity index (χ0v) is 13.7. The minimum atomic E-state index is -0.0700. The van der Waals surface area contributed by atoms with Crippen LogP contribution in [0.1, 0.15) is 18.4 Å². The maximum atomic E-state index is 9.45. The van der Waals surface area contributed by atoms with Gasteiger partial charge in [0.25, 0.3) is 0 Å². The van der Waals surface area contributed by atoms with Crippen LogP contribution in [0.3, 0.4) is 0 Å². The van der Waals surface area contributed by atoms with Gasteiger partial charge in [-0.3, -0.25) is 4.90 Å². The van der Waals surface area contributed by atoms with Crippen LogP contribution in [0, 0.1) is 0 Å². The molecule has 3 nitrogen and oxygen atoms in total. The molecule has 2 fully saturated rings. The van der Waals surface area contributed by atoms with Crippen LogP contribution in [0.2, 0.25) is 0 Å². The Morgan fingerprint density at radius 1 is 0.957 bits per heavy atom. The van der Waals surface area contributed by atoms with Gasteiger partial charge in [-0.2, -0.15) is 0 Å². The Kier molecular flexibility index (Phi) is 4.34. The molecule has 0 saturated carbocycles. The Morgan fingerprint density at radius 3 is 2.48 bits per heavy atom. The van der Waals surface area contributed by atoms with Crippen LogP contribution in [0.15, 0.2) is 42.5 Å². The van der Waals surface area contributed by atoms with E-state index >= 15 is 0 Å². The lowest BCUT2D eigenvalue weighted by Crippen LogP contribution is -2.57.